The van der Waals surface area contributed by atoms with Crippen molar-refractivity contribution in [3.63, 3.8) is 0 Å². The van der Waals surface area contributed by atoms with Gasteiger partial charge in [0.1, 0.15) is 12.6 Å². The lowest BCUT2D eigenvalue weighted by atomic mass is 9.99. The van der Waals surface area contributed by atoms with E-state index in [1.807, 2.05) is 0 Å². The van der Waals surface area contributed by atoms with Gasteiger partial charge in [0.25, 0.3) is 0 Å². The van der Waals surface area contributed by atoms with Crippen LogP contribution in [0.25, 0.3) is 0 Å². The number of alkyl halides is 3. The summed E-state index contributed by atoms with van der Waals surface area (Å²) in [6.45, 7) is 1.47. The van der Waals surface area contributed by atoms with Crippen LogP contribution >= 0.6 is 0 Å². The minimum Gasteiger partial charge on any atom is -0.345 e. The molecular weight excluding hydrogens is 225 g/mol. The second kappa shape index (κ2) is 4.31. The van der Waals surface area contributed by atoms with Crippen molar-refractivity contribution >= 4 is 11.8 Å². The van der Waals surface area contributed by atoms with Crippen molar-refractivity contribution in [1.82, 2.24) is 10.2 Å². The lowest BCUT2D eigenvalue weighted by molar-refractivity contribution is -0.173. The Balaban J connectivity index is 2.89. The van der Waals surface area contributed by atoms with Crippen molar-refractivity contribution in [1.29, 1.82) is 0 Å². The number of hydrogen-bond acceptors (Lipinski definition) is 2. The van der Waals surface area contributed by atoms with Gasteiger partial charge in [0.05, 0.1) is 6.54 Å². The molecule has 7 heteroatoms. The van der Waals surface area contributed by atoms with Gasteiger partial charge in [0.2, 0.25) is 11.8 Å². The molecule has 1 aliphatic rings. The summed E-state index contributed by atoms with van der Waals surface area (Å²) in [6.07, 6.45) is -4.49. The zero-order valence-corrected chi connectivity index (χ0v) is 8.97. The van der Waals surface area contributed by atoms with E-state index in [0.717, 1.165) is 0 Å². The van der Waals surface area contributed by atoms with Crippen LogP contribution in [0.3, 0.4) is 0 Å². The van der Waals surface area contributed by atoms with Crippen LogP contribution < -0.4 is 5.32 Å². The molecule has 1 saturated heterocycles. The van der Waals surface area contributed by atoms with Crippen molar-refractivity contribution in [2.75, 3.05) is 13.1 Å². The molecule has 1 atom stereocenters. The topological polar surface area (TPSA) is 49.4 Å². The zero-order chi connectivity index (χ0) is 12.5. The molecule has 0 bridgehead atoms. The highest BCUT2D eigenvalue weighted by Gasteiger charge is 2.42. The van der Waals surface area contributed by atoms with E-state index in [1.165, 1.54) is 0 Å². The SMILES string of the molecule is CC(C)C1C(=O)NCC(=O)N1CC(F)(F)F. The molecule has 1 N–H and O–H groups in total. The fourth-order valence-electron chi connectivity index (χ4n) is 1.71. The summed E-state index contributed by atoms with van der Waals surface area (Å²) in [6, 6.07) is -1.04. The number of nitrogens with one attached hydrogen (secondary N) is 1. The molecule has 16 heavy (non-hydrogen) atoms. The van der Waals surface area contributed by atoms with Crippen LogP contribution in [0.2, 0.25) is 0 Å². The average Bonchev–Trinajstić information content (AvgIpc) is 2.08. The van der Waals surface area contributed by atoms with Crippen LogP contribution in [0.4, 0.5) is 13.2 Å². The van der Waals surface area contributed by atoms with Crippen LogP contribution in [-0.4, -0.2) is 42.0 Å². The Morgan fingerprint density at radius 2 is 2.00 bits per heavy atom. The minimum atomic E-state index is -4.49. The van der Waals surface area contributed by atoms with Crippen LogP contribution in [0.15, 0.2) is 0 Å². The van der Waals surface area contributed by atoms with Gasteiger partial charge in [0, 0.05) is 0 Å². The summed E-state index contributed by atoms with van der Waals surface area (Å²) < 4.78 is 36.8. The summed E-state index contributed by atoms with van der Waals surface area (Å²) in [7, 11) is 0. The van der Waals surface area contributed by atoms with E-state index in [1.54, 1.807) is 13.8 Å². The minimum absolute atomic E-state index is 0.355. The summed E-state index contributed by atoms with van der Waals surface area (Å²) in [5.41, 5.74) is 0. The van der Waals surface area contributed by atoms with Crippen LogP contribution in [-0.2, 0) is 9.59 Å². The Kier molecular flexibility index (Phi) is 3.44. The Morgan fingerprint density at radius 1 is 1.44 bits per heavy atom. The molecule has 0 aromatic rings. The molecule has 0 spiro atoms. The Morgan fingerprint density at radius 3 is 2.44 bits per heavy atom. The van der Waals surface area contributed by atoms with Crippen LogP contribution in [0, 0.1) is 5.92 Å². The Bertz CT molecular complexity index is 302. The number of nitrogens with zero attached hydrogens (tertiary/aromatic N) is 1. The predicted octanol–water partition coefficient (Wildman–Crippen LogP) is 0.532. The van der Waals surface area contributed by atoms with Gasteiger partial charge in [-0.25, -0.2) is 0 Å². The van der Waals surface area contributed by atoms with Crippen molar-refractivity contribution in [3.8, 4) is 0 Å². The van der Waals surface area contributed by atoms with Gasteiger partial charge < -0.3 is 10.2 Å². The fraction of sp³-hybridized carbons (Fsp3) is 0.778. The molecule has 0 saturated carbocycles. The molecular formula is C9H13F3N2O2. The second-order valence-electron chi connectivity index (χ2n) is 4.04. The smallest absolute Gasteiger partial charge is 0.345 e. The monoisotopic (exact) mass is 238 g/mol. The predicted molar refractivity (Wildman–Crippen MR) is 49.4 cm³/mol. The number of piperazine rings is 1. The van der Waals surface area contributed by atoms with Crippen molar-refractivity contribution in [2.45, 2.75) is 26.1 Å². The van der Waals surface area contributed by atoms with Crippen LogP contribution in [0.5, 0.6) is 0 Å². The highest BCUT2D eigenvalue weighted by molar-refractivity contribution is 5.95. The quantitative estimate of drug-likeness (QED) is 0.763. The molecule has 2 amide bonds. The second-order valence-corrected chi connectivity index (χ2v) is 4.04. The van der Waals surface area contributed by atoms with Crippen molar-refractivity contribution in [3.05, 3.63) is 0 Å². The molecule has 0 aromatic carbocycles. The van der Waals surface area contributed by atoms with E-state index in [4.69, 9.17) is 0 Å². The summed E-state index contributed by atoms with van der Waals surface area (Å²) in [5, 5.41) is 2.28. The Hall–Kier alpha value is -1.27. The maximum atomic E-state index is 12.3. The van der Waals surface area contributed by atoms with Gasteiger partial charge in [0.15, 0.2) is 0 Å². The molecule has 0 aromatic heterocycles. The van der Waals surface area contributed by atoms with Gasteiger partial charge in [-0.05, 0) is 5.92 Å². The maximum absolute atomic E-state index is 12.3. The molecule has 0 aliphatic carbocycles. The molecule has 1 aliphatic heterocycles. The van der Waals surface area contributed by atoms with Crippen molar-refractivity contribution in [2.24, 2.45) is 5.92 Å². The third-order valence-corrected chi connectivity index (χ3v) is 2.32. The summed E-state index contributed by atoms with van der Waals surface area (Å²) in [4.78, 5) is 23.3. The summed E-state index contributed by atoms with van der Waals surface area (Å²) in [5.74, 6) is -1.58. The first-order valence-corrected chi connectivity index (χ1v) is 4.86. The highest BCUT2D eigenvalue weighted by Crippen LogP contribution is 2.22. The number of carbonyl (C=O) groups excluding carboxylic acids is 2. The number of hydrogen-bond donors (Lipinski definition) is 1. The van der Waals surface area contributed by atoms with Gasteiger partial charge in [-0.2, -0.15) is 13.2 Å². The highest BCUT2D eigenvalue weighted by atomic mass is 19.4. The van der Waals surface area contributed by atoms with E-state index in [-0.39, 0.29) is 12.5 Å². The Labute approximate surface area is 90.8 Å². The van der Waals surface area contributed by atoms with Crippen LogP contribution in [0.1, 0.15) is 13.8 Å². The molecule has 92 valence electrons. The molecule has 1 rings (SSSR count). The largest absolute Gasteiger partial charge is 0.406 e. The molecule has 1 fully saturated rings. The zero-order valence-electron chi connectivity index (χ0n) is 8.97. The molecule has 1 heterocycles. The number of rotatable bonds is 2. The van der Waals surface area contributed by atoms with E-state index >= 15 is 0 Å². The molecule has 1 unspecified atom stereocenters. The third kappa shape index (κ3) is 2.86. The maximum Gasteiger partial charge on any atom is 0.406 e. The number of halogens is 3. The third-order valence-electron chi connectivity index (χ3n) is 2.32. The lowest BCUT2D eigenvalue weighted by Gasteiger charge is -2.37. The van der Waals surface area contributed by atoms with E-state index in [0.29, 0.717) is 4.90 Å². The normalized spacial score (nSPS) is 22.6. The number of amides is 2. The first kappa shape index (κ1) is 12.8. The van der Waals surface area contributed by atoms with Gasteiger partial charge >= 0.3 is 6.18 Å². The van der Waals surface area contributed by atoms with E-state index in [2.05, 4.69) is 5.32 Å². The first-order valence-electron chi connectivity index (χ1n) is 4.86. The lowest BCUT2D eigenvalue weighted by Crippen LogP contribution is -2.62. The van der Waals surface area contributed by atoms with Gasteiger partial charge in [-0.3, -0.25) is 9.59 Å². The summed E-state index contributed by atoms with van der Waals surface area (Å²) >= 11 is 0. The average molecular weight is 238 g/mol. The van der Waals surface area contributed by atoms with Gasteiger partial charge in [-0.15, -0.1) is 0 Å². The molecule has 4 nitrogen and oxygen atoms in total. The van der Waals surface area contributed by atoms with E-state index in [9.17, 15) is 22.8 Å². The first-order chi connectivity index (χ1) is 7.22. The van der Waals surface area contributed by atoms with Crippen molar-refractivity contribution < 1.29 is 22.8 Å². The molecule has 0 radical (unpaired) electrons. The van der Waals surface area contributed by atoms with Gasteiger partial charge in [-0.1, -0.05) is 13.8 Å². The van der Waals surface area contributed by atoms with E-state index < -0.39 is 30.6 Å². The number of carbonyl (C=O) groups is 2. The fourth-order valence-corrected chi connectivity index (χ4v) is 1.71. The standard InChI is InChI=1S/C9H13F3N2O2/c1-5(2)7-8(16)13-3-6(15)14(7)4-9(10,11)12/h5,7H,3-4H2,1-2H3,(H,13,16).